The van der Waals surface area contributed by atoms with Crippen LogP contribution in [0.5, 0.6) is 5.75 Å². The maximum absolute atomic E-state index is 13.1. The number of ether oxygens (including phenoxy) is 1. The van der Waals surface area contributed by atoms with Crippen molar-refractivity contribution in [1.29, 1.82) is 0 Å². The van der Waals surface area contributed by atoms with Gasteiger partial charge in [-0.2, -0.15) is 0 Å². The SMILES string of the molecule is Cc1cc(/C(O)=C2\C(=O)C(=O)N(CCN(C)C)C2c2ccc(Cl)cc2)ccc1OCC(C)C. The molecule has 0 radical (unpaired) electrons. The minimum atomic E-state index is -0.695. The summed E-state index contributed by atoms with van der Waals surface area (Å²) in [7, 11) is 3.80. The quantitative estimate of drug-likeness (QED) is 0.345. The molecule has 1 aliphatic rings. The summed E-state index contributed by atoms with van der Waals surface area (Å²) in [4.78, 5) is 29.5. The molecule has 0 aromatic heterocycles. The van der Waals surface area contributed by atoms with Gasteiger partial charge in [0, 0.05) is 23.7 Å². The van der Waals surface area contributed by atoms with Gasteiger partial charge in [-0.25, -0.2) is 0 Å². The van der Waals surface area contributed by atoms with E-state index in [9.17, 15) is 14.7 Å². The third kappa shape index (κ3) is 5.57. The number of halogens is 1. The number of hydrogen-bond acceptors (Lipinski definition) is 5. The fourth-order valence-corrected chi connectivity index (χ4v) is 3.91. The third-order valence-electron chi connectivity index (χ3n) is 5.53. The second kappa shape index (κ2) is 10.4. The predicted octanol–water partition coefficient (Wildman–Crippen LogP) is 4.67. The molecule has 1 amide bonds. The van der Waals surface area contributed by atoms with Gasteiger partial charge in [-0.15, -0.1) is 0 Å². The number of benzene rings is 2. The number of Topliss-reactive ketones (excluding diaryl/α,β-unsaturated/α-hetero) is 1. The predicted molar refractivity (Wildman–Crippen MR) is 131 cm³/mol. The van der Waals surface area contributed by atoms with E-state index in [2.05, 4.69) is 13.8 Å². The Morgan fingerprint density at radius 2 is 1.82 bits per heavy atom. The number of carbonyl (C=O) groups excluding carboxylic acids is 2. The molecule has 1 heterocycles. The van der Waals surface area contributed by atoms with Crippen LogP contribution in [0.25, 0.3) is 5.76 Å². The molecule has 1 saturated heterocycles. The van der Waals surface area contributed by atoms with E-state index < -0.39 is 17.7 Å². The van der Waals surface area contributed by atoms with E-state index in [4.69, 9.17) is 16.3 Å². The average Bonchev–Trinajstić information content (AvgIpc) is 3.01. The molecule has 3 rings (SSSR count). The number of carbonyl (C=O) groups is 2. The Balaban J connectivity index is 2.06. The van der Waals surface area contributed by atoms with Crippen LogP contribution < -0.4 is 4.74 Å². The third-order valence-corrected chi connectivity index (χ3v) is 5.79. The first-order valence-corrected chi connectivity index (χ1v) is 11.4. The molecule has 2 aromatic rings. The Morgan fingerprint density at radius 3 is 2.39 bits per heavy atom. The summed E-state index contributed by atoms with van der Waals surface area (Å²) in [6, 6.07) is 11.6. The fourth-order valence-electron chi connectivity index (χ4n) is 3.78. The minimum absolute atomic E-state index is 0.0799. The van der Waals surface area contributed by atoms with Crippen LogP contribution in [-0.4, -0.2) is 60.4 Å². The fraction of sp³-hybridized carbons (Fsp3) is 0.385. The lowest BCUT2D eigenvalue weighted by Gasteiger charge is -2.26. The number of rotatable bonds is 8. The van der Waals surface area contributed by atoms with Crippen LogP contribution in [0, 0.1) is 12.8 Å². The molecule has 1 fully saturated rings. The Labute approximate surface area is 200 Å². The normalized spacial score (nSPS) is 17.9. The number of amides is 1. The van der Waals surface area contributed by atoms with Gasteiger partial charge in [0.2, 0.25) is 0 Å². The van der Waals surface area contributed by atoms with Crippen LogP contribution in [-0.2, 0) is 9.59 Å². The smallest absolute Gasteiger partial charge is 0.295 e. The molecule has 0 saturated carbocycles. The number of likely N-dealkylation sites (tertiary alicyclic amines) is 1. The van der Waals surface area contributed by atoms with Gasteiger partial charge < -0.3 is 19.6 Å². The van der Waals surface area contributed by atoms with E-state index in [1.807, 2.05) is 25.9 Å². The van der Waals surface area contributed by atoms with Crippen LogP contribution in [0.2, 0.25) is 5.02 Å². The lowest BCUT2D eigenvalue weighted by Crippen LogP contribution is -2.35. The first kappa shape index (κ1) is 24.8. The van der Waals surface area contributed by atoms with Crippen LogP contribution in [0.3, 0.4) is 0 Å². The summed E-state index contributed by atoms with van der Waals surface area (Å²) in [5, 5.41) is 11.8. The van der Waals surface area contributed by atoms with Crippen LogP contribution in [0.15, 0.2) is 48.0 Å². The van der Waals surface area contributed by atoms with Gasteiger partial charge >= 0.3 is 0 Å². The van der Waals surface area contributed by atoms with Crippen LogP contribution in [0.1, 0.15) is 36.6 Å². The van der Waals surface area contributed by atoms with Gasteiger partial charge in [-0.1, -0.05) is 37.6 Å². The number of ketones is 1. The maximum Gasteiger partial charge on any atom is 0.295 e. The molecular weight excluding hydrogens is 440 g/mol. The summed E-state index contributed by atoms with van der Waals surface area (Å²) in [5.74, 6) is -0.397. The molecule has 0 spiro atoms. The first-order valence-electron chi connectivity index (χ1n) is 11.0. The molecule has 7 heteroatoms. The number of nitrogens with zero attached hydrogens (tertiary/aromatic N) is 2. The molecule has 1 atom stereocenters. The van der Waals surface area contributed by atoms with Crippen molar-refractivity contribution in [3.8, 4) is 5.75 Å². The molecule has 176 valence electrons. The zero-order chi connectivity index (χ0) is 24.3. The summed E-state index contributed by atoms with van der Waals surface area (Å²) in [5.41, 5.74) is 2.10. The topological polar surface area (TPSA) is 70.1 Å². The van der Waals surface area contributed by atoms with E-state index in [1.165, 1.54) is 4.90 Å². The van der Waals surface area contributed by atoms with E-state index in [1.54, 1.807) is 42.5 Å². The van der Waals surface area contributed by atoms with Crippen molar-refractivity contribution in [2.45, 2.75) is 26.8 Å². The zero-order valence-electron chi connectivity index (χ0n) is 19.8. The lowest BCUT2D eigenvalue weighted by molar-refractivity contribution is -0.140. The number of aryl methyl sites for hydroxylation is 1. The number of aliphatic hydroxyl groups is 1. The molecule has 1 N–H and O–H groups in total. The zero-order valence-corrected chi connectivity index (χ0v) is 20.5. The first-order chi connectivity index (χ1) is 15.6. The van der Waals surface area contributed by atoms with Gasteiger partial charge in [0.05, 0.1) is 18.2 Å². The van der Waals surface area contributed by atoms with Crippen molar-refractivity contribution in [1.82, 2.24) is 9.80 Å². The lowest BCUT2D eigenvalue weighted by atomic mass is 9.95. The maximum atomic E-state index is 13.1. The molecule has 0 bridgehead atoms. The Bertz CT molecular complexity index is 1060. The van der Waals surface area contributed by atoms with Gasteiger partial charge in [0.25, 0.3) is 11.7 Å². The van der Waals surface area contributed by atoms with E-state index in [0.717, 1.165) is 11.3 Å². The van der Waals surface area contributed by atoms with Crippen molar-refractivity contribution < 1.29 is 19.4 Å². The minimum Gasteiger partial charge on any atom is -0.507 e. The van der Waals surface area contributed by atoms with Crippen molar-refractivity contribution in [3.05, 3.63) is 69.8 Å². The summed E-state index contributed by atoms with van der Waals surface area (Å²) < 4.78 is 5.83. The highest BCUT2D eigenvalue weighted by molar-refractivity contribution is 6.46. The van der Waals surface area contributed by atoms with Gasteiger partial charge in [0.15, 0.2) is 0 Å². The van der Waals surface area contributed by atoms with Crippen molar-refractivity contribution >= 4 is 29.1 Å². The average molecular weight is 471 g/mol. The summed E-state index contributed by atoms with van der Waals surface area (Å²) >= 11 is 6.06. The van der Waals surface area contributed by atoms with Gasteiger partial charge in [-0.3, -0.25) is 9.59 Å². The highest BCUT2D eigenvalue weighted by atomic mass is 35.5. The standard InChI is InChI=1S/C26H31ClN2O4/c1-16(2)15-33-21-11-8-19(14-17(21)3)24(30)22-23(18-6-9-20(27)10-7-18)29(13-12-28(4)5)26(32)25(22)31/h6-11,14,16,23,30H,12-13,15H2,1-5H3/b24-22+. The highest BCUT2D eigenvalue weighted by Crippen LogP contribution is 2.40. The number of hydrogen-bond donors (Lipinski definition) is 1. The largest absolute Gasteiger partial charge is 0.507 e. The van der Waals surface area contributed by atoms with Gasteiger partial charge in [0.1, 0.15) is 11.5 Å². The van der Waals surface area contributed by atoms with Crippen molar-refractivity contribution in [2.24, 2.45) is 5.92 Å². The number of likely N-dealkylation sites (N-methyl/N-ethyl adjacent to an activating group) is 1. The summed E-state index contributed by atoms with van der Waals surface area (Å²) in [6.45, 7) is 7.54. The highest BCUT2D eigenvalue weighted by Gasteiger charge is 2.45. The van der Waals surface area contributed by atoms with Crippen LogP contribution in [0.4, 0.5) is 0 Å². The molecular formula is C26H31ClN2O4. The summed E-state index contributed by atoms with van der Waals surface area (Å²) in [6.07, 6.45) is 0. The van der Waals surface area contributed by atoms with E-state index in [-0.39, 0.29) is 11.3 Å². The molecule has 33 heavy (non-hydrogen) atoms. The van der Waals surface area contributed by atoms with Crippen molar-refractivity contribution in [3.63, 3.8) is 0 Å². The second-order valence-electron chi connectivity index (χ2n) is 9.03. The monoisotopic (exact) mass is 470 g/mol. The Kier molecular flexibility index (Phi) is 7.82. The number of aliphatic hydroxyl groups excluding tert-OH is 1. The van der Waals surface area contributed by atoms with Gasteiger partial charge in [-0.05, 0) is 68.4 Å². The molecule has 6 nitrogen and oxygen atoms in total. The molecule has 2 aromatic carbocycles. The Morgan fingerprint density at radius 1 is 1.15 bits per heavy atom. The Hall–Kier alpha value is -2.83. The molecule has 1 aliphatic heterocycles. The van der Waals surface area contributed by atoms with Crippen molar-refractivity contribution in [2.75, 3.05) is 33.8 Å². The van der Waals surface area contributed by atoms with Crippen LogP contribution >= 0.6 is 11.6 Å². The molecule has 0 aliphatic carbocycles. The second-order valence-corrected chi connectivity index (χ2v) is 9.47. The van der Waals surface area contributed by atoms with E-state index >= 15 is 0 Å². The van der Waals surface area contributed by atoms with E-state index in [0.29, 0.717) is 41.8 Å². The molecule has 1 unspecified atom stereocenters.